The maximum atomic E-state index is 12.4. The van der Waals surface area contributed by atoms with Crippen LogP contribution in [0.2, 0.25) is 0 Å². The minimum Gasteiger partial charge on any atom is -0.462 e. The van der Waals surface area contributed by atoms with Gasteiger partial charge in [-0.2, -0.15) is 13.2 Å². The number of carbonyl (C=O) groups excluding carboxylic acids is 1. The number of ether oxygens (including phenoxy) is 1. The largest absolute Gasteiger partial charge is 0.462 e. The van der Waals surface area contributed by atoms with Crippen LogP contribution in [0.4, 0.5) is 13.2 Å². The van der Waals surface area contributed by atoms with Gasteiger partial charge in [0, 0.05) is 0 Å². The molecule has 1 atom stereocenters. The molecule has 0 saturated heterocycles. The maximum absolute atomic E-state index is 12.4. The summed E-state index contributed by atoms with van der Waals surface area (Å²) in [6, 6.07) is 3.88. The third-order valence-electron chi connectivity index (χ3n) is 2.58. The number of hydrogen-bond donors (Lipinski definition) is 1. The molecule has 1 aromatic rings. The van der Waals surface area contributed by atoms with Crippen molar-refractivity contribution >= 4 is 5.97 Å². The first-order valence-corrected chi connectivity index (χ1v) is 5.98. The smallest absolute Gasteiger partial charge is 0.416 e. The SMILES string of the molecule is C=C(C(=O)OCCC)C(O)c1ccc(C(F)(F)F)cc1. The molecule has 0 aliphatic rings. The lowest BCUT2D eigenvalue weighted by molar-refractivity contribution is -0.140. The van der Waals surface area contributed by atoms with Gasteiger partial charge in [0.15, 0.2) is 0 Å². The van der Waals surface area contributed by atoms with E-state index in [-0.39, 0.29) is 17.7 Å². The molecule has 0 saturated carbocycles. The third-order valence-corrected chi connectivity index (χ3v) is 2.58. The molecule has 1 rings (SSSR count). The normalized spacial score (nSPS) is 12.8. The monoisotopic (exact) mass is 288 g/mol. The first-order valence-electron chi connectivity index (χ1n) is 5.98. The Kier molecular flexibility index (Phi) is 5.33. The van der Waals surface area contributed by atoms with Crippen LogP contribution in [0.1, 0.15) is 30.6 Å². The van der Waals surface area contributed by atoms with E-state index in [0.29, 0.717) is 6.42 Å². The summed E-state index contributed by atoms with van der Waals surface area (Å²) in [6.07, 6.45) is -5.21. The van der Waals surface area contributed by atoms with Crippen LogP contribution in [0.3, 0.4) is 0 Å². The summed E-state index contributed by atoms with van der Waals surface area (Å²) in [6.45, 7) is 5.41. The fourth-order valence-electron chi connectivity index (χ4n) is 1.45. The van der Waals surface area contributed by atoms with Crippen molar-refractivity contribution in [2.24, 2.45) is 0 Å². The fourth-order valence-corrected chi connectivity index (χ4v) is 1.45. The van der Waals surface area contributed by atoms with Gasteiger partial charge in [-0.15, -0.1) is 0 Å². The summed E-state index contributed by atoms with van der Waals surface area (Å²) in [5, 5.41) is 9.87. The van der Waals surface area contributed by atoms with Crippen LogP contribution in [0.5, 0.6) is 0 Å². The summed E-state index contributed by atoms with van der Waals surface area (Å²) in [5.74, 6) is -0.765. The summed E-state index contributed by atoms with van der Waals surface area (Å²) >= 11 is 0. The zero-order valence-corrected chi connectivity index (χ0v) is 10.9. The lowest BCUT2D eigenvalue weighted by Gasteiger charge is -2.14. The number of carbonyl (C=O) groups is 1. The number of alkyl halides is 3. The van der Waals surface area contributed by atoms with Gasteiger partial charge in [0.05, 0.1) is 17.7 Å². The van der Waals surface area contributed by atoms with Gasteiger partial charge < -0.3 is 9.84 Å². The lowest BCUT2D eigenvalue weighted by Crippen LogP contribution is -2.14. The number of benzene rings is 1. The quantitative estimate of drug-likeness (QED) is 0.668. The van der Waals surface area contributed by atoms with Crippen molar-refractivity contribution in [3.8, 4) is 0 Å². The Morgan fingerprint density at radius 3 is 2.35 bits per heavy atom. The Bertz CT molecular complexity index is 477. The number of esters is 1. The van der Waals surface area contributed by atoms with Crippen molar-refractivity contribution in [2.45, 2.75) is 25.6 Å². The number of halogens is 3. The maximum Gasteiger partial charge on any atom is 0.416 e. The molecule has 1 unspecified atom stereocenters. The van der Waals surface area contributed by atoms with Crippen molar-refractivity contribution in [2.75, 3.05) is 6.61 Å². The van der Waals surface area contributed by atoms with Crippen molar-refractivity contribution in [3.63, 3.8) is 0 Å². The van der Waals surface area contributed by atoms with E-state index in [1.807, 2.05) is 6.92 Å². The molecule has 0 bridgehead atoms. The molecule has 1 N–H and O–H groups in total. The highest BCUT2D eigenvalue weighted by molar-refractivity contribution is 5.89. The van der Waals surface area contributed by atoms with Gasteiger partial charge in [-0.25, -0.2) is 4.79 Å². The Hall–Kier alpha value is -1.82. The highest BCUT2D eigenvalue weighted by Gasteiger charge is 2.30. The number of aliphatic hydroxyl groups excluding tert-OH is 1. The molecule has 0 amide bonds. The van der Waals surface area contributed by atoms with Crippen LogP contribution in [-0.4, -0.2) is 17.7 Å². The Morgan fingerprint density at radius 2 is 1.90 bits per heavy atom. The minimum atomic E-state index is -4.44. The standard InChI is InChI=1S/C14H15F3O3/c1-3-8-20-13(19)9(2)12(18)10-4-6-11(7-5-10)14(15,16)17/h4-7,12,18H,2-3,8H2,1H3. The van der Waals surface area contributed by atoms with E-state index >= 15 is 0 Å². The second kappa shape index (κ2) is 6.56. The van der Waals surface area contributed by atoms with Gasteiger partial charge in [0.25, 0.3) is 0 Å². The van der Waals surface area contributed by atoms with Crippen molar-refractivity contribution < 1.29 is 27.8 Å². The van der Waals surface area contributed by atoms with Crippen molar-refractivity contribution in [3.05, 3.63) is 47.5 Å². The van der Waals surface area contributed by atoms with Gasteiger partial charge >= 0.3 is 12.1 Å². The molecular formula is C14H15F3O3. The molecule has 0 aromatic heterocycles. The van der Waals surface area contributed by atoms with E-state index in [0.717, 1.165) is 24.3 Å². The predicted molar refractivity (Wildman–Crippen MR) is 66.8 cm³/mol. The van der Waals surface area contributed by atoms with E-state index < -0.39 is 23.8 Å². The van der Waals surface area contributed by atoms with Crippen molar-refractivity contribution in [1.82, 2.24) is 0 Å². The topological polar surface area (TPSA) is 46.5 Å². The van der Waals surface area contributed by atoms with Gasteiger partial charge in [-0.05, 0) is 24.1 Å². The van der Waals surface area contributed by atoms with E-state index in [4.69, 9.17) is 4.74 Å². The molecule has 20 heavy (non-hydrogen) atoms. The van der Waals surface area contributed by atoms with E-state index in [1.54, 1.807) is 0 Å². The van der Waals surface area contributed by atoms with E-state index in [9.17, 15) is 23.1 Å². The van der Waals surface area contributed by atoms with Gasteiger partial charge in [-0.3, -0.25) is 0 Å². The Labute approximate surface area is 114 Å². The molecule has 0 fully saturated rings. The second-order valence-corrected chi connectivity index (χ2v) is 4.18. The summed E-state index contributed by atoms with van der Waals surface area (Å²) < 4.78 is 42.0. The summed E-state index contributed by atoms with van der Waals surface area (Å²) in [7, 11) is 0. The van der Waals surface area contributed by atoms with Gasteiger partial charge in [0.2, 0.25) is 0 Å². The highest BCUT2D eigenvalue weighted by Crippen LogP contribution is 2.30. The average Bonchev–Trinajstić information content (AvgIpc) is 2.42. The molecule has 0 aliphatic carbocycles. The predicted octanol–water partition coefficient (Wildman–Crippen LogP) is 3.25. The Balaban J connectivity index is 2.79. The highest BCUT2D eigenvalue weighted by atomic mass is 19.4. The first-order chi connectivity index (χ1) is 9.27. The van der Waals surface area contributed by atoms with E-state index in [1.165, 1.54) is 0 Å². The molecule has 6 heteroatoms. The molecule has 0 spiro atoms. The second-order valence-electron chi connectivity index (χ2n) is 4.18. The molecule has 0 aliphatic heterocycles. The first kappa shape index (κ1) is 16.2. The zero-order chi connectivity index (χ0) is 15.3. The summed E-state index contributed by atoms with van der Waals surface area (Å²) in [4.78, 5) is 11.5. The number of rotatable bonds is 5. The third kappa shape index (κ3) is 4.09. The molecule has 110 valence electrons. The van der Waals surface area contributed by atoms with Crippen LogP contribution in [-0.2, 0) is 15.7 Å². The number of hydrogen-bond acceptors (Lipinski definition) is 3. The van der Waals surface area contributed by atoms with E-state index in [2.05, 4.69) is 6.58 Å². The minimum absolute atomic E-state index is 0.149. The van der Waals surface area contributed by atoms with Crippen LogP contribution >= 0.6 is 0 Å². The van der Waals surface area contributed by atoms with Crippen LogP contribution in [0.15, 0.2) is 36.4 Å². The molecule has 1 aromatic carbocycles. The van der Waals surface area contributed by atoms with Gasteiger partial charge in [-0.1, -0.05) is 25.6 Å². The molecule has 3 nitrogen and oxygen atoms in total. The Morgan fingerprint density at radius 1 is 1.35 bits per heavy atom. The fraction of sp³-hybridized carbons (Fsp3) is 0.357. The molecule has 0 radical (unpaired) electrons. The molecule has 0 heterocycles. The molecular weight excluding hydrogens is 273 g/mol. The average molecular weight is 288 g/mol. The van der Waals surface area contributed by atoms with Gasteiger partial charge in [0.1, 0.15) is 6.10 Å². The lowest BCUT2D eigenvalue weighted by atomic mass is 10.0. The van der Waals surface area contributed by atoms with Crippen LogP contribution in [0, 0.1) is 0 Å². The zero-order valence-electron chi connectivity index (χ0n) is 10.9. The summed E-state index contributed by atoms with van der Waals surface area (Å²) in [5.41, 5.74) is -0.887. The van der Waals surface area contributed by atoms with Crippen LogP contribution in [0.25, 0.3) is 0 Å². The number of aliphatic hydroxyl groups is 1. The van der Waals surface area contributed by atoms with Crippen molar-refractivity contribution in [1.29, 1.82) is 0 Å². The van der Waals surface area contributed by atoms with Crippen LogP contribution < -0.4 is 0 Å².